The van der Waals surface area contributed by atoms with Gasteiger partial charge in [-0.3, -0.25) is 14.5 Å². The predicted octanol–water partition coefficient (Wildman–Crippen LogP) is 7.45. The number of nitrogens with zero attached hydrogens (tertiary/aromatic N) is 2. The van der Waals surface area contributed by atoms with Crippen LogP contribution in [-0.2, 0) is 13.1 Å². The molecule has 3 aromatic carbocycles. The van der Waals surface area contributed by atoms with Crippen LogP contribution in [-0.4, -0.2) is 46.9 Å². The van der Waals surface area contributed by atoms with Crippen molar-refractivity contribution in [3.05, 3.63) is 100 Å². The number of aryl methyl sites for hydroxylation is 2. The van der Waals surface area contributed by atoms with E-state index in [9.17, 15) is 9.59 Å². The number of Topliss-reactive ketones (excluding diaryl/α,β-unsaturated/α-hetero) is 1. The summed E-state index contributed by atoms with van der Waals surface area (Å²) in [5.74, 6) is 1.33. The van der Waals surface area contributed by atoms with Crippen LogP contribution in [0.4, 0.5) is 0 Å². The van der Waals surface area contributed by atoms with E-state index in [0.29, 0.717) is 41.6 Å². The van der Waals surface area contributed by atoms with E-state index in [1.54, 1.807) is 13.2 Å². The lowest BCUT2D eigenvalue weighted by Gasteiger charge is -2.39. The number of carbonyl (C=O) groups is 2. The summed E-state index contributed by atoms with van der Waals surface area (Å²) in [6.07, 6.45) is 8.14. The van der Waals surface area contributed by atoms with E-state index < -0.39 is 0 Å². The fourth-order valence-electron chi connectivity index (χ4n) is 7.33. The van der Waals surface area contributed by atoms with Crippen LogP contribution in [0.5, 0.6) is 5.75 Å². The molecule has 224 valence electrons. The van der Waals surface area contributed by atoms with Gasteiger partial charge in [0, 0.05) is 60.3 Å². The maximum atomic E-state index is 13.4. The molecule has 0 unspecified atom stereocenters. The molecular weight excluding hydrogens is 558 g/mol. The second kappa shape index (κ2) is 12.9. The summed E-state index contributed by atoms with van der Waals surface area (Å²) in [5.41, 5.74) is 4.62. The van der Waals surface area contributed by atoms with Crippen LogP contribution in [0.3, 0.4) is 0 Å². The van der Waals surface area contributed by atoms with E-state index in [0.717, 1.165) is 60.1 Å². The summed E-state index contributed by atoms with van der Waals surface area (Å²) in [4.78, 5) is 29.0. The molecule has 2 aliphatic heterocycles. The molecular formula is C36H40ClN3O3. The van der Waals surface area contributed by atoms with Gasteiger partial charge in [-0.25, -0.2) is 0 Å². The fraction of sp³-hybridized carbons (Fsp3) is 0.389. The standard InChI is InChI=1S/C36H40ClN3O3/c1-24-7-3-8-25(17-24)22-38-36(42)32-23-39(35-31(32)11-5-12-34(35)43-2)15-6-16-40-29-13-14-30(40)19-26(18-29)20-33(41)27-9-4-10-28(37)21-27/h3-5,7-12,17,21,23,26,29-30H,6,13-16,18-20,22H2,1-2H3,(H,38,42)/t26-,29+,30-. The molecule has 6 rings (SSSR count). The zero-order chi connectivity index (χ0) is 29.9. The molecule has 3 heterocycles. The quantitative estimate of drug-likeness (QED) is 0.182. The second-order valence-electron chi connectivity index (χ2n) is 12.2. The number of rotatable bonds is 11. The largest absolute Gasteiger partial charge is 0.495 e. The molecule has 43 heavy (non-hydrogen) atoms. The summed E-state index contributed by atoms with van der Waals surface area (Å²) >= 11 is 6.12. The highest BCUT2D eigenvalue weighted by molar-refractivity contribution is 6.31. The van der Waals surface area contributed by atoms with Gasteiger partial charge in [0.1, 0.15) is 5.75 Å². The Kier molecular flexibility index (Phi) is 8.87. The number of ketones is 1. The maximum Gasteiger partial charge on any atom is 0.253 e. The van der Waals surface area contributed by atoms with Gasteiger partial charge >= 0.3 is 0 Å². The van der Waals surface area contributed by atoms with Crippen molar-refractivity contribution < 1.29 is 14.3 Å². The Labute approximate surface area is 259 Å². The van der Waals surface area contributed by atoms with Crippen molar-refractivity contribution in [1.29, 1.82) is 0 Å². The van der Waals surface area contributed by atoms with Gasteiger partial charge < -0.3 is 14.6 Å². The normalized spacial score (nSPS) is 19.9. The molecule has 1 amide bonds. The molecule has 6 nitrogen and oxygen atoms in total. The van der Waals surface area contributed by atoms with E-state index >= 15 is 0 Å². The Bertz CT molecular complexity index is 1620. The number of nitrogens with one attached hydrogen (secondary N) is 1. The maximum absolute atomic E-state index is 13.4. The highest BCUT2D eigenvalue weighted by atomic mass is 35.5. The van der Waals surface area contributed by atoms with Gasteiger partial charge in [0.2, 0.25) is 0 Å². The summed E-state index contributed by atoms with van der Waals surface area (Å²) in [6.45, 7) is 4.35. The number of hydrogen-bond donors (Lipinski definition) is 1. The molecule has 2 fully saturated rings. The first-order chi connectivity index (χ1) is 20.9. The number of piperidine rings is 1. The highest BCUT2D eigenvalue weighted by Crippen LogP contribution is 2.40. The Hall–Kier alpha value is -3.61. The third-order valence-corrected chi connectivity index (χ3v) is 9.51. The lowest BCUT2D eigenvalue weighted by Crippen LogP contribution is -2.43. The van der Waals surface area contributed by atoms with Gasteiger partial charge in [-0.15, -0.1) is 0 Å². The molecule has 1 aromatic heterocycles. The van der Waals surface area contributed by atoms with E-state index in [1.807, 2.05) is 54.7 Å². The third-order valence-electron chi connectivity index (χ3n) is 9.28. The lowest BCUT2D eigenvalue weighted by molar-refractivity contribution is 0.0807. The summed E-state index contributed by atoms with van der Waals surface area (Å²) in [7, 11) is 1.68. The minimum absolute atomic E-state index is 0.0778. The first-order valence-corrected chi connectivity index (χ1v) is 15.8. The summed E-state index contributed by atoms with van der Waals surface area (Å²) in [5, 5.41) is 4.64. The zero-order valence-corrected chi connectivity index (χ0v) is 25.8. The molecule has 0 radical (unpaired) electrons. The monoisotopic (exact) mass is 597 g/mol. The number of amides is 1. The summed E-state index contributed by atoms with van der Waals surface area (Å²) < 4.78 is 7.92. The smallest absolute Gasteiger partial charge is 0.253 e. The molecule has 2 bridgehead atoms. The SMILES string of the molecule is COc1cccc2c(C(=O)NCc3cccc(C)c3)cn(CCCN3[C@@H]4CC[C@H]3C[C@@H](CC(=O)c3cccc(Cl)c3)C4)c12. The van der Waals surface area contributed by atoms with Crippen molar-refractivity contribution in [1.82, 2.24) is 14.8 Å². The van der Waals surface area contributed by atoms with Gasteiger partial charge in [-0.05, 0) is 68.7 Å². The van der Waals surface area contributed by atoms with Gasteiger partial charge in [0.25, 0.3) is 5.91 Å². The second-order valence-corrected chi connectivity index (χ2v) is 12.7. The topological polar surface area (TPSA) is 63.6 Å². The van der Waals surface area contributed by atoms with Crippen molar-refractivity contribution >= 4 is 34.2 Å². The number of benzene rings is 3. The Morgan fingerprint density at radius 1 is 0.977 bits per heavy atom. The van der Waals surface area contributed by atoms with Crippen molar-refractivity contribution in [2.75, 3.05) is 13.7 Å². The number of fused-ring (bicyclic) bond motifs is 3. The minimum Gasteiger partial charge on any atom is -0.495 e. The molecule has 0 saturated carbocycles. The van der Waals surface area contributed by atoms with Crippen LogP contribution in [0.2, 0.25) is 5.02 Å². The Morgan fingerprint density at radius 2 is 1.74 bits per heavy atom. The van der Waals surface area contributed by atoms with Gasteiger partial charge in [0.05, 0.1) is 18.2 Å². The number of carbonyl (C=O) groups excluding carboxylic acids is 2. The zero-order valence-electron chi connectivity index (χ0n) is 25.0. The van der Waals surface area contributed by atoms with Crippen molar-refractivity contribution in [3.8, 4) is 5.75 Å². The first-order valence-electron chi connectivity index (χ1n) is 15.4. The van der Waals surface area contributed by atoms with Crippen LogP contribution < -0.4 is 10.1 Å². The molecule has 3 atom stereocenters. The van der Waals surface area contributed by atoms with E-state index in [4.69, 9.17) is 16.3 Å². The first kappa shape index (κ1) is 29.5. The summed E-state index contributed by atoms with van der Waals surface area (Å²) in [6, 6.07) is 22.5. The molecule has 0 aliphatic carbocycles. The molecule has 7 heteroatoms. The molecule has 0 spiro atoms. The molecule has 2 saturated heterocycles. The Balaban J connectivity index is 1.09. The number of methoxy groups -OCH3 is 1. The van der Waals surface area contributed by atoms with Crippen LogP contribution in [0, 0.1) is 12.8 Å². The molecule has 1 N–H and O–H groups in total. The average molecular weight is 598 g/mol. The molecule has 4 aromatic rings. The number of ether oxygens (including phenoxy) is 1. The third kappa shape index (κ3) is 6.51. The van der Waals surface area contributed by atoms with Crippen molar-refractivity contribution in [3.63, 3.8) is 0 Å². The Morgan fingerprint density at radius 3 is 2.49 bits per heavy atom. The number of para-hydroxylation sites is 1. The van der Waals surface area contributed by atoms with Crippen molar-refractivity contribution in [2.45, 2.75) is 70.6 Å². The lowest BCUT2D eigenvalue weighted by atomic mass is 9.85. The highest BCUT2D eigenvalue weighted by Gasteiger charge is 2.40. The number of aromatic nitrogens is 1. The fourth-order valence-corrected chi connectivity index (χ4v) is 7.52. The van der Waals surface area contributed by atoms with Crippen LogP contribution >= 0.6 is 11.6 Å². The van der Waals surface area contributed by atoms with Gasteiger partial charge in [-0.1, -0.05) is 65.7 Å². The van der Waals surface area contributed by atoms with E-state index in [2.05, 4.69) is 33.8 Å². The van der Waals surface area contributed by atoms with Gasteiger partial charge in [-0.2, -0.15) is 0 Å². The predicted molar refractivity (Wildman–Crippen MR) is 172 cm³/mol. The number of hydrogen-bond acceptors (Lipinski definition) is 4. The van der Waals surface area contributed by atoms with Crippen LogP contribution in [0.1, 0.15) is 70.4 Å². The average Bonchev–Trinajstić information content (AvgIpc) is 3.49. The minimum atomic E-state index is -0.0778. The van der Waals surface area contributed by atoms with E-state index in [-0.39, 0.29) is 11.7 Å². The van der Waals surface area contributed by atoms with E-state index in [1.165, 1.54) is 18.4 Å². The van der Waals surface area contributed by atoms with Crippen molar-refractivity contribution in [2.24, 2.45) is 5.92 Å². The van der Waals surface area contributed by atoms with Crippen LogP contribution in [0.25, 0.3) is 10.9 Å². The number of halogens is 1. The van der Waals surface area contributed by atoms with Gasteiger partial charge in [0.15, 0.2) is 5.78 Å². The van der Waals surface area contributed by atoms with Crippen LogP contribution in [0.15, 0.2) is 72.9 Å². The molecule has 2 aliphatic rings.